The molecule has 0 aromatic heterocycles. The number of hydrogen-bond donors (Lipinski definition) is 0. The molecule has 1 fully saturated rings. The van der Waals surface area contributed by atoms with Crippen LogP contribution in [-0.2, 0) is 0 Å². The topological polar surface area (TPSA) is 0 Å². The summed E-state index contributed by atoms with van der Waals surface area (Å²) in [4.78, 5) is 0. The molecule has 0 nitrogen and oxygen atoms in total. The van der Waals surface area contributed by atoms with Crippen molar-refractivity contribution in [1.82, 2.24) is 0 Å². The van der Waals surface area contributed by atoms with Crippen LogP contribution in [0.15, 0.2) is 23.3 Å². The highest BCUT2D eigenvalue weighted by Crippen LogP contribution is 2.46. The maximum Gasteiger partial charge on any atom is -0.0157 e. The Morgan fingerprint density at radius 3 is 2.10 bits per heavy atom. The van der Waals surface area contributed by atoms with E-state index in [1.54, 1.807) is 11.1 Å². The molecule has 2 rings (SSSR count). The molecule has 10 heavy (non-hydrogen) atoms. The van der Waals surface area contributed by atoms with Crippen molar-refractivity contribution in [3.63, 3.8) is 0 Å². The van der Waals surface area contributed by atoms with Gasteiger partial charge in [-0.2, -0.15) is 0 Å². The number of hydrogen-bond acceptors (Lipinski definition) is 0. The van der Waals surface area contributed by atoms with Crippen LogP contribution >= 0.6 is 0 Å². The van der Waals surface area contributed by atoms with Gasteiger partial charge in [-0.15, -0.1) is 0 Å². The van der Waals surface area contributed by atoms with E-state index in [1.165, 1.54) is 19.3 Å². The van der Waals surface area contributed by atoms with E-state index >= 15 is 0 Å². The second-order valence-corrected chi connectivity index (χ2v) is 4.21. The summed E-state index contributed by atoms with van der Waals surface area (Å²) in [5, 5.41) is 0. The minimum absolute atomic E-state index is 0.554. The van der Waals surface area contributed by atoms with E-state index < -0.39 is 0 Å². The van der Waals surface area contributed by atoms with Crippen LogP contribution in [0.2, 0.25) is 0 Å². The molecule has 0 atom stereocenters. The molecule has 0 amide bonds. The number of rotatable bonds is 0. The summed E-state index contributed by atoms with van der Waals surface area (Å²) in [5.74, 6) is 0. The summed E-state index contributed by atoms with van der Waals surface area (Å²) in [6, 6.07) is 0. The number of allylic oxidation sites excluding steroid dienone is 4. The fourth-order valence-electron chi connectivity index (χ4n) is 2.07. The fourth-order valence-corrected chi connectivity index (χ4v) is 2.07. The van der Waals surface area contributed by atoms with Crippen LogP contribution in [0, 0.1) is 5.41 Å². The maximum atomic E-state index is 2.38. The average Bonchev–Trinajstić information content (AvgIpc) is 2.20. The third kappa shape index (κ3) is 0.828. The smallest absolute Gasteiger partial charge is 0.0157 e. The lowest BCUT2D eigenvalue weighted by Crippen LogP contribution is -2.02. The minimum Gasteiger partial charge on any atom is -0.0772 e. The Morgan fingerprint density at radius 2 is 1.60 bits per heavy atom. The summed E-state index contributed by atoms with van der Waals surface area (Å²) in [6.07, 6.45) is 8.56. The molecule has 54 valence electrons. The van der Waals surface area contributed by atoms with Gasteiger partial charge in [0, 0.05) is 0 Å². The van der Waals surface area contributed by atoms with Gasteiger partial charge in [0.25, 0.3) is 0 Å². The number of fused-ring (bicyclic) bond motifs is 1. The van der Waals surface area contributed by atoms with E-state index in [1.807, 2.05) is 0 Å². The Balaban J connectivity index is 2.30. The highest BCUT2D eigenvalue weighted by atomic mass is 14.4. The second kappa shape index (κ2) is 1.75. The van der Waals surface area contributed by atoms with Crippen molar-refractivity contribution in [3.8, 4) is 0 Å². The monoisotopic (exact) mass is 134 g/mol. The molecule has 1 saturated carbocycles. The fraction of sp³-hybridized carbons (Fsp3) is 0.600. The van der Waals surface area contributed by atoms with Gasteiger partial charge in [0.15, 0.2) is 0 Å². The zero-order valence-corrected chi connectivity index (χ0v) is 6.78. The van der Waals surface area contributed by atoms with Gasteiger partial charge < -0.3 is 0 Å². The minimum atomic E-state index is 0.554. The van der Waals surface area contributed by atoms with Gasteiger partial charge in [0.1, 0.15) is 0 Å². The van der Waals surface area contributed by atoms with Gasteiger partial charge in [-0.3, -0.25) is 0 Å². The van der Waals surface area contributed by atoms with Crippen molar-refractivity contribution >= 4 is 0 Å². The highest BCUT2D eigenvalue weighted by molar-refractivity contribution is 5.42. The molecular formula is C10H14. The van der Waals surface area contributed by atoms with Gasteiger partial charge in [0.2, 0.25) is 0 Å². The molecule has 0 N–H and O–H groups in total. The van der Waals surface area contributed by atoms with Crippen LogP contribution in [0.25, 0.3) is 0 Å². The molecule has 0 bridgehead atoms. The molecule has 0 aromatic carbocycles. The summed E-state index contributed by atoms with van der Waals surface area (Å²) >= 11 is 0. The summed E-state index contributed by atoms with van der Waals surface area (Å²) in [6.45, 7) is 4.71. The van der Waals surface area contributed by atoms with E-state index in [0.29, 0.717) is 5.41 Å². The predicted molar refractivity (Wildman–Crippen MR) is 43.8 cm³/mol. The molecule has 0 spiro atoms. The van der Waals surface area contributed by atoms with Crippen molar-refractivity contribution < 1.29 is 0 Å². The molecule has 0 unspecified atom stereocenters. The molecule has 2 aliphatic rings. The molecule has 0 heteroatoms. The third-order valence-electron chi connectivity index (χ3n) is 2.48. The van der Waals surface area contributed by atoms with E-state index in [2.05, 4.69) is 26.0 Å². The van der Waals surface area contributed by atoms with E-state index in [0.717, 1.165) is 0 Å². The first-order valence-corrected chi connectivity index (χ1v) is 4.06. The standard InChI is InChI=1S/C10H14/c1-10(2)6-8-4-3-5-9(8)7-10/h4-5H,3,6-7H2,1-2H3. The van der Waals surface area contributed by atoms with E-state index in [9.17, 15) is 0 Å². The van der Waals surface area contributed by atoms with Gasteiger partial charge >= 0.3 is 0 Å². The van der Waals surface area contributed by atoms with Crippen LogP contribution < -0.4 is 0 Å². The second-order valence-electron chi connectivity index (χ2n) is 4.21. The first kappa shape index (κ1) is 6.21. The van der Waals surface area contributed by atoms with Gasteiger partial charge in [-0.25, -0.2) is 0 Å². The van der Waals surface area contributed by atoms with Crippen LogP contribution in [-0.4, -0.2) is 0 Å². The SMILES string of the molecule is CC1(C)CC2=CCC=C2C1. The summed E-state index contributed by atoms with van der Waals surface area (Å²) in [5.41, 5.74) is 3.81. The molecule has 2 aliphatic carbocycles. The Hall–Kier alpha value is -0.520. The average molecular weight is 134 g/mol. The largest absolute Gasteiger partial charge is 0.0772 e. The molecule has 0 radical (unpaired) electrons. The summed E-state index contributed by atoms with van der Waals surface area (Å²) in [7, 11) is 0. The highest BCUT2D eigenvalue weighted by Gasteiger charge is 2.31. The van der Waals surface area contributed by atoms with Crippen molar-refractivity contribution in [2.75, 3.05) is 0 Å². The van der Waals surface area contributed by atoms with E-state index in [4.69, 9.17) is 0 Å². The van der Waals surface area contributed by atoms with Crippen LogP contribution in [0.1, 0.15) is 33.1 Å². The molecule has 0 saturated heterocycles. The molecule has 0 heterocycles. The Labute approximate surface area is 62.6 Å². The Kier molecular flexibility index (Phi) is 1.08. The van der Waals surface area contributed by atoms with Crippen molar-refractivity contribution in [2.24, 2.45) is 5.41 Å². The van der Waals surface area contributed by atoms with Gasteiger partial charge in [0.05, 0.1) is 0 Å². The van der Waals surface area contributed by atoms with Crippen LogP contribution in [0.5, 0.6) is 0 Å². The van der Waals surface area contributed by atoms with Crippen molar-refractivity contribution in [2.45, 2.75) is 33.1 Å². The summed E-state index contributed by atoms with van der Waals surface area (Å²) < 4.78 is 0. The predicted octanol–water partition coefficient (Wildman–Crippen LogP) is 3.06. The van der Waals surface area contributed by atoms with Gasteiger partial charge in [-0.05, 0) is 35.8 Å². The van der Waals surface area contributed by atoms with Crippen molar-refractivity contribution in [3.05, 3.63) is 23.3 Å². The van der Waals surface area contributed by atoms with Gasteiger partial charge in [-0.1, -0.05) is 26.0 Å². The Morgan fingerprint density at radius 1 is 1.10 bits per heavy atom. The molecular weight excluding hydrogens is 120 g/mol. The third-order valence-corrected chi connectivity index (χ3v) is 2.48. The molecule has 0 aromatic rings. The van der Waals surface area contributed by atoms with E-state index in [-0.39, 0.29) is 0 Å². The van der Waals surface area contributed by atoms with Crippen LogP contribution in [0.3, 0.4) is 0 Å². The normalized spacial score (nSPS) is 27.8. The zero-order chi connectivity index (χ0) is 7.19. The maximum absolute atomic E-state index is 2.38. The van der Waals surface area contributed by atoms with Crippen molar-refractivity contribution in [1.29, 1.82) is 0 Å². The first-order chi connectivity index (χ1) is 4.67. The lowest BCUT2D eigenvalue weighted by Gasteiger charge is -2.14. The quantitative estimate of drug-likeness (QED) is 0.477. The van der Waals surface area contributed by atoms with Crippen LogP contribution in [0.4, 0.5) is 0 Å². The zero-order valence-electron chi connectivity index (χ0n) is 6.78. The molecule has 0 aliphatic heterocycles. The lowest BCUT2D eigenvalue weighted by atomic mass is 9.91. The lowest BCUT2D eigenvalue weighted by molar-refractivity contribution is 0.401. The Bertz CT molecular complexity index is 194. The first-order valence-electron chi connectivity index (χ1n) is 4.06.